The fourth-order valence-electron chi connectivity index (χ4n) is 2.54. The molecule has 0 aliphatic carbocycles. The zero-order chi connectivity index (χ0) is 15.9. The van der Waals surface area contributed by atoms with E-state index in [4.69, 9.17) is 11.6 Å². The van der Waals surface area contributed by atoms with Gasteiger partial charge in [-0.25, -0.2) is 0 Å². The summed E-state index contributed by atoms with van der Waals surface area (Å²) in [6, 6.07) is 4.31. The number of hydrogen-bond acceptors (Lipinski definition) is 2. The molecule has 0 saturated carbocycles. The van der Waals surface area contributed by atoms with Crippen molar-refractivity contribution in [3.63, 3.8) is 0 Å². The molecule has 5 heteroatoms. The van der Waals surface area contributed by atoms with E-state index in [9.17, 15) is 9.59 Å². The maximum Gasteiger partial charge on any atom is 0.250 e. The summed E-state index contributed by atoms with van der Waals surface area (Å²) in [7, 11) is 0. The lowest BCUT2D eigenvalue weighted by atomic mass is 9.83. The summed E-state index contributed by atoms with van der Waals surface area (Å²) in [5, 5.41) is 3.42. The summed E-state index contributed by atoms with van der Waals surface area (Å²) in [5.41, 5.74) is 1.16. The molecule has 1 saturated heterocycles. The smallest absolute Gasteiger partial charge is 0.250 e. The van der Waals surface area contributed by atoms with Crippen LogP contribution in [0.25, 0.3) is 0 Å². The van der Waals surface area contributed by atoms with Crippen LogP contribution in [0.1, 0.15) is 33.3 Å². The van der Waals surface area contributed by atoms with Gasteiger partial charge in [0.2, 0.25) is 5.91 Å². The molecule has 1 fully saturated rings. The summed E-state index contributed by atoms with van der Waals surface area (Å²) in [6.07, 6.45) is 0. The molecule has 1 heterocycles. The second-order valence-corrected chi connectivity index (χ2v) is 6.98. The van der Waals surface area contributed by atoms with E-state index in [-0.39, 0.29) is 17.2 Å². The van der Waals surface area contributed by atoms with Crippen LogP contribution in [0.4, 0.5) is 5.69 Å². The molecule has 114 valence electrons. The number of nitrogens with one attached hydrogen (secondary N) is 1. The van der Waals surface area contributed by atoms with E-state index in [1.165, 1.54) is 0 Å². The molecule has 4 nitrogen and oxygen atoms in total. The molecular weight excluding hydrogens is 288 g/mol. The lowest BCUT2D eigenvalue weighted by molar-refractivity contribution is -0.136. The van der Waals surface area contributed by atoms with Gasteiger partial charge in [0.25, 0.3) is 5.91 Å². The van der Waals surface area contributed by atoms with Crippen molar-refractivity contribution in [2.75, 3.05) is 4.90 Å². The van der Waals surface area contributed by atoms with Crippen molar-refractivity contribution >= 4 is 29.1 Å². The minimum Gasteiger partial charge on any atom is -0.342 e. The van der Waals surface area contributed by atoms with E-state index in [1.807, 2.05) is 33.8 Å². The molecular formula is C16H21ClN2O2. The van der Waals surface area contributed by atoms with Gasteiger partial charge in [-0.1, -0.05) is 38.4 Å². The van der Waals surface area contributed by atoms with Crippen LogP contribution in [0.15, 0.2) is 18.2 Å². The van der Waals surface area contributed by atoms with E-state index in [2.05, 4.69) is 5.32 Å². The minimum absolute atomic E-state index is 0.0973. The van der Waals surface area contributed by atoms with Crippen molar-refractivity contribution in [1.82, 2.24) is 5.32 Å². The Morgan fingerprint density at radius 1 is 1.24 bits per heavy atom. The highest BCUT2D eigenvalue weighted by atomic mass is 35.5. The maximum atomic E-state index is 12.9. The lowest BCUT2D eigenvalue weighted by Crippen LogP contribution is -2.66. The molecule has 2 rings (SSSR count). The van der Waals surface area contributed by atoms with Crippen molar-refractivity contribution in [1.29, 1.82) is 0 Å². The molecule has 0 aromatic heterocycles. The summed E-state index contributed by atoms with van der Waals surface area (Å²) < 4.78 is 0. The fraction of sp³-hybridized carbons (Fsp3) is 0.500. The van der Waals surface area contributed by atoms with E-state index in [0.717, 1.165) is 5.56 Å². The first-order valence-electron chi connectivity index (χ1n) is 7.03. The molecule has 0 radical (unpaired) electrons. The van der Waals surface area contributed by atoms with Crippen molar-refractivity contribution < 1.29 is 9.59 Å². The topological polar surface area (TPSA) is 49.4 Å². The first kappa shape index (κ1) is 15.8. The minimum atomic E-state index is -0.548. The van der Waals surface area contributed by atoms with Gasteiger partial charge in [0.15, 0.2) is 0 Å². The molecule has 0 spiro atoms. The summed E-state index contributed by atoms with van der Waals surface area (Å²) in [6.45, 7) is 9.40. The van der Waals surface area contributed by atoms with E-state index < -0.39 is 12.1 Å². The summed E-state index contributed by atoms with van der Waals surface area (Å²) >= 11 is 6.15. The average Bonchev–Trinajstić information content (AvgIpc) is 2.37. The molecule has 2 amide bonds. The number of amides is 2. The zero-order valence-corrected chi connectivity index (χ0v) is 13.8. The van der Waals surface area contributed by atoms with E-state index >= 15 is 0 Å². The maximum absolute atomic E-state index is 12.9. The van der Waals surface area contributed by atoms with Gasteiger partial charge in [0, 0.05) is 10.7 Å². The zero-order valence-electron chi connectivity index (χ0n) is 13.0. The van der Waals surface area contributed by atoms with Crippen LogP contribution >= 0.6 is 11.6 Å². The van der Waals surface area contributed by atoms with Crippen LogP contribution in [-0.2, 0) is 9.59 Å². The van der Waals surface area contributed by atoms with Crippen LogP contribution < -0.4 is 10.2 Å². The Kier molecular flexibility index (Phi) is 4.02. The molecule has 21 heavy (non-hydrogen) atoms. The Bertz CT molecular complexity index is 592. The van der Waals surface area contributed by atoms with Gasteiger partial charge >= 0.3 is 0 Å². The molecule has 1 aliphatic heterocycles. The van der Waals surface area contributed by atoms with Gasteiger partial charge < -0.3 is 5.32 Å². The van der Waals surface area contributed by atoms with Gasteiger partial charge in [-0.3, -0.25) is 14.5 Å². The monoisotopic (exact) mass is 308 g/mol. The Morgan fingerprint density at radius 2 is 1.86 bits per heavy atom. The molecule has 1 aromatic carbocycles. The Balaban J connectivity index is 2.51. The fourth-order valence-corrected chi connectivity index (χ4v) is 2.71. The van der Waals surface area contributed by atoms with Crippen LogP contribution in [0, 0.1) is 12.3 Å². The standard InChI is InChI=1S/C16H21ClN2O2/c1-9-11(17)7-6-8-12(9)19-10(2)14(20)18-13(15(19)21)16(3,4)5/h6-8,10,13H,1-5H3,(H,18,20). The second kappa shape index (κ2) is 5.34. The highest BCUT2D eigenvalue weighted by Gasteiger charge is 2.44. The molecule has 2 unspecified atom stereocenters. The van der Waals surface area contributed by atoms with Crippen molar-refractivity contribution in [2.45, 2.75) is 46.7 Å². The highest BCUT2D eigenvalue weighted by molar-refractivity contribution is 6.31. The van der Waals surface area contributed by atoms with Gasteiger partial charge in [-0.15, -0.1) is 0 Å². The number of carbonyl (C=O) groups excluding carboxylic acids is 2. The average molecular weight is 309 g/mol. The summed E-state index contributed by atoms with van der Waals surface area (Å²) in [5.74, 6) is -0.242. The van der Waals surface area contributed by atoms with Crippen molar-refractivity contribution in [2.24, 2.45) is 5.41 Å². The van der Waals surface area contributed by atoms with Crippen molar-refractivity contribution in [3.05, 3.63) is 28.8 Å². The second-order valence-electron chi connectivity index (χ2n) is 6.58. The molecule has 1 N–H and O–H groups in total. The quantitative estimate of drug-likeness (QED) is 0.867. The summed E-state index contributed by atoms with van der Waals surface area (Å²) in [4.78, 5) is 26.7. The lowest BCUT2D eigenvalue weighted by Gasteiger charge is -2.42. The van der Waals surface area contributed by atoms with Gasteiger partial charge in [-0.05, 0) is 37.0 Å². The molecule has 1 aromatic rings. The normalized spacial score (nSPS) is 23.2. The van der Waals surface area contributed by atoms with Crippen LogP contribution in [0.2, 0.25) is 5.02 Å². The Hall–Kier alpha value is -1.55. The third-order valence-corrected chi connectivity index (χ3v) is 4.31. The molecule has 2 atom stereocenters. The predicted octanol–water partition coefficient (Wildman–Crippen LogP) is 2.91. The molecule has 1 aliphatic rings. The van der Waals surface area contributed by atoms with Gasteiger partial charge in [-0.2, -0.15) is 0 Å². The van der Waals surface area contributed by atoms with Gasteiger partial charge in [0.1, 0.15) is 12.1 Å². The van der Waals surface area contributed by atoms with E-state index in [1.54, 1.807) is 24.0 Å². The third kappa shape index (κ3) is 2.77. The Labute approximate surface area is 130 Å². The SMILES string of the molecule is Cc1c(Cl)cccc1N1C(=O)C(C(C)(C)C)NC(=O)C1C. The number of piperazine rings is 1. The third-order valence-electron chi connectivity index (χ3n) is 3.90. The number of anilines is 1. The van der Waals surface area contributed by atoms with E-state index in [0.29, 0.717) is 10.7 Å². The number of halogens is 1. The van der Waals surface area contributed by atoms with Crippen LogP contribution in [0.5, 0.6) is 0 Å². The Morgan fingerprint density at radius 3 is 2.43 bits per heavy atom. The van der Waals surface area contributed by atoms with Crippen LogP contribution in [0.3, 0.4) is 0 Å². The predicted molar refractivity (Wildman–Crippen MR) is 84.5 cm³/mol. The first-order chi connectivity index (χ1) is 9.64. The number of rotatable bonds is 1. The van der Waals surface area contributed by atoms with Crippen LogP contribution in [-0.4, -0.2) is 23.9 Å². The number of benzene rings is 1. The number of hydrogen-bond donors (Lipinski definition) is 1. The van der Waals surface area contributed by atoms with Crippen molar-refractivity contribution in [3.8, 4) is 0 Å². The highest BCUT2D eigenvalue weighted by Crippen LogP contribution is 2.32. The number of carbonyl (C=O) groups is 2. The first-order valence-corrected chi connectivity index (χ1v) is 7.41. The van der Waals surface area contributed by atoms with Gasteiger partial charge in [0.05, 0.1) is 0 Å². The largest absolute Gasteiger partial charge is 0.342 e. The molecule has 0 bridgehead atoms. The number of nitrogens with zero attached hydrogens (tertiary/aromatic N) is 1.